The number of hydrogen-bond donors (Lipinski definition) is 3. The minimum absolute atomic E-state index is 0. The number of halogens is 7. The Bertz CT molecular complexity index is 2910. The number of hydrogen-bond acceptors (Lipinski definition) is 13. The van der Waals surface area contributed by atoms with Crippen LogP contribution in [0.3, 0.4) is 0 Å². The van der Waals surface area contributed by atoms with E-state index in [2.05, 4.69) is 152 Å². The van der Waals surface area contributed by atoms with Crippen molar-refractivity contribution in [3.05, 3.63) is 140 Å². The number of rotatable bonds is 13. The molecule has 0 saturated heterocycles. The van der Waals surface area contributed by atoms with Crippen LogP contribution in [0.2, 0.25) is 0 Å². The predicted molar refractivity (Wildman–Crippen MR) is 308 cm³/mol. The molecule has 12 rings (SSSR count). The van der Waals surface area contributed by atoms with E-state index in [1.54, 1.807) is 12.1 Å². The van der Waals surface area contributed by atoms with Crippen molar-refractivity contribution in [1.82, 2.24) is 0 Å². The molecule has 478 valence electrons. The van der Waals surface area contributed by atoms with Gasteiger partial charge >= 0.3 is 94.7 Å². The monoisotopic (exact) mass is 1510 g/mol. The molecule has 4 atom stereocenters. The Morgan fingerprint density at radius 2 is 0.816 bits per heavy atom. The van der Waals surface area contributed by atoms with Crippen LogP contribution in [-0.4, -0.2) is 70.6 Å². The molecule has 0 aliphatic heterocycles. The van der Waals surface area contributed by atoms with Crippen molar-refractivity contribution in [3.8, 4) is 0 Å². The molecule has 0 amide bonds. The van der Waals surface area contributed by atoms with Gasteiger partial charge in [-0.15, -0.1) is 12.6 Å². The van der Waals surface area contributed by atoms with Gasteiger partial charge in [0.1, 0.15) is 0 Å². The molecule has 4 aromatic carbocycles. The van der Waals surface area contributed by atoms with E-state index in [0.717, 1.165) is 64.2 Å². The number of esters is 2. The molecule has 0 spiro atoms. The minimum Gasteiger partial charge on any atom is -1.00 e. The quantitative estimate of drug-likeness (QED) is 0.0256. The molecule has 0 heterocycles. The number of carbonyl (C=O) groups excluding carboxylic acids is 2. The molecule has 8 aliphatic carbocycles. The zero-order valence-electron chi connectivity index (χ0n) is 51.9. The second-order valence-electron chi connectivity index (χ2n) is 28.2. The third kappa shape index (κ3) is 22.6. The summed E-state index contributed by atoms with van der Waals surface area (Å²) >= 11 is 2.97. The Kier molecular flexibility index (Phi) is 27.8. The number of ether oxygens (including phenoxy) is 3. The van der Waals surface area contributed by atoms with Crippen LogP contribution in [0.5, 0.6) is 0 Å². The van der Waals surface area contributed by atoms with Gasteiger partial charge in [-0.3, -0.25) is 10.1 Å². The van der Waals surface area contributed by atoms with E-state index in [0.29, 0.717) is 42.1 Å². The summed E-state index contributed by atoms with van der Waals surface area (Å²) in [6, 6.07) is 34.6. The van der Waals surface area contributed by atoms with Gasteiger partial charge in [-0.1, -0.05) is 111 Å². The third-order valence-electron chi connectivity index (χ3n) is 17.2. The molecule has 8 aliphatic rings. The van der Waals surface area contributed by atoms with Crippen LogP contribution in [0.25, 0.3) is 0 Å². The number of aliphatic hydroxyl groups is 2. The fourth-order valence-electron chi connectivity index (χ4n) is 14.3. The predicted octanol–water partition coefficient (Wildman–Crippen LogP) is 1.47. The van der Waals surface area contributed by atoms with E-state index in [4.69, 9.17) is 32.1 Å². The Balaban J connectivity index is 0.000000284. The second kappa shape index (κ2) is 31.2. The molecule has 22 heteroatoms. The normalized spacial score (nSPS) is 25.6. The van der Waals surface area contributed by atoms with E-state index in [1.807, 2.05) is 12.1 Å². The summed E-state index contributed by atoms with van der Waals surface area (Å²) in [7, 11) is -3.11. The summed E-state index contributed by atoms with van der Waals surface area (Å²) in [6.07, 6.45) is 3.58. The van der Waals surface area contributed by atoms with Crippen LogP contribution in [0.1, 0.15) is 175 Å². The number of benzene rings is 4. The van der Waals surface area contributed by atoms with Gasteiger partial charge in [0.2, 0.25) is 5.97 Å². The summed E-state index contributed by atoms with van der Waals surface area (Å²) < 4.78 is 103. The zero-order chi connectivity index (χ0) is 63.2. The Morgan fingerprint density at radius 1 is 0.552 bits per heavy atom. The molecular formula is C65H84ClF4I2NaO12S2. The topological polar surface area (TPSA) is 183 Å². The molecule has 4 unspecified atom stereocenters. The molecule has 8 bridgehead atoms. The largest absolute Gasteiger partial charge is 1.00 e. The average Bonchev–Trinajstić information content (AvgIpc) is 0.913. The fraction of sp³-hybridized carbons (Fsp3) is 0.585. The maximum Gasteiger partial charge on any atom is 1.00 e. The number of carbonyl (C=O) groups is 2. The van der Waals surface area contributed by atoms with Crippen LogP contribution in [0.4, 0.5) is 17.6 Å². The maximum absolute atomic E-state index is 15.0. The standard InChI is InChI=1S/C32H40F2IO4.C20H26I.C13H17F2O3.ClH.Na.O3S.H2O2S/c1-28(2,3)23-6-10-25(11-7-23)35-26-12-8-24(9-13-26)29(4,5)39-32(33,34)27(36)38-20-30-15-21-14-22(16-30)18-31(37,17-21)19-30;1-19(2,3)15-7-11-17(12-8-15)21-18-13-9-16(10-14-18)20(4,5)6;14-10(15)11(16)18-7-12-2-8-1-9(3-12)5-13(17,4-8)6-12;;;1-4(2)3;1-2-3/h6-13,21-22,37H,14-20H2,1-5H3;7-14H,1-6H3;8-9,17H,1-7H2;1H;;;1,3H/q2*+1;-1;;+1;;/p-2. The summed E-state index contributed by atoms with van der Waals surface area (Å²) in [5, 5.41) is 28.2. The van der Waals surface area contributed by atoms with Crippen molar-refractivity contribution in [2.75, 3.05) is 13.2 Å². The molecule has 4 aromatic rings. The van der Waals surface area contributed by atoms with Crippen molar-refractivity contribution in [1.29, 1.82) is 0 Å². The van der Waals surface area contributed by atoms with Gasteiger partial charge in [0, 0.05) is 17.3 Å². The van der Waals surface area contributed by atoms with Gasteiger partial charge in [-0.05, 0) is 202 Å². The van der Waals surface area contributed by atoms with Crippen LogP contribution in [0, 0.1) is 55.2 Å². The summed E-state index contributed by atoms with van der Waals surface area (Å²) in [4.78, 5) is 23.4. The molecule has 87 heavy (non-hydrogen) atoms. The Labute approximate surface area is 568 Å². The summed E-state index contributed by atoms with van der Waals surface area (Å²) in [5.74, 6) is -1.46. The van der Waals surface area contributed by atoms with Crippen molar-refractivity contribution >= 4 is 35.5 Å². The molecule has 0 aromatic heterocycles. The van der Waals surface area contributed by atoms with E-state index < -0.39 is 78.5 Å². The van der Waals surface area contributed by atoms with Gasteiger partial charge in [-0.2, -0.15) is 8.78 Å². The van der Waals surface area contributed by atoms with Crippen LogP contribution < -0.4 is 84.4 Å². The van der Waals surface area contributed by atoms with Crippen LogP contribution in [-0.2, 0) is 73.5 Å². The van der Waals surface area contributed by atoms with Crippen LogP contribution >= 0.6 is 0 Å². The maximum atomic E-state index is 15.0. The van der Waals surface area contributed by atoms with E-state index >= 15 is 0 Å². The van der Waals surface area contributed by atoms with Crippen molar-refractivity contribution in [3.63, 3.8) is 0 Å². The minimum atomic E-state index is -4.08. The first-order chi connectivity index (χ1) is 39.3. The molecular weight excluding hydrogens is 1430 g/mol. The molecule has 12 nitrogen and oxygen atoms in total. The van der Waals surface area contributed by atoms with Gasteiger partial charge in [0.15, 0.2) is 14.3 Å². The van der Waals surface area contributed by atoms with Crippen molar-refractivity contribution < 1.29 is 158 Å². The average molecular weight is 1510 g/mol. The summed E-state index contributed by atoms with van der Waals surface area (Å²) in [6.45, 7) is 23.2. The van der Waals surface area contributed by atoms with E-state index in [9.17, 15) is 37.4 Å². The molecule has 8 saturated carbocycles. The van der Waals surface area contributed by atoms with E-state index in [1.165, 1.54) is 44.8 Å². The molecule has 0 radical (unpaired) electrons. The zero-order valence-corrected chi connectivity index (χ0v) is 60.6. The van der Waals surface area contributed by atoms with Crippen molar-refractivity contribution in [2.24, 2.45) is 34.5 Å². The van der Waals surface area contributed by atoms with Gasteiger partial charge < -0.3 is 62.9 Å². The first-order valence-corrected chi connectivity index (χ1v) is 34.4. The third-order valence-corrected chi connectivity index (χ3v) is 22.6. The van der Waals surface area contributed by atoms with Crippen molar-refractivity contribution in [2.45, 2.75) is 192 Å². The van der Waals surface area contributed by atoms with E-state index in [-0.39, 0.29) is 98.0 Å². The second-order valence-corrected chi connectivity index (χ2v) is 34.8. The molecule has 3 N–H and O–H groups in total. The smallest absolute Gasteiger partial charge is 1.00 e. The molecule has 8 fully saturated rings. The first-order valence-electron chi connectivity index (χ1n) is 28.7. The first kappa shape index (κ1) is 77.4. The Hall–Kier alpha value is -2.07. The van der Waals surface area contributed by atoms with Gasteiger partial charge in [0.25, 0.3) is 0 Å². The number of alkyl halides is 2. The Morgan fingerprint density at radius 3 is 1.07 bits per heavy atom. The van der Waals surface area contributed by atoms with Gasteiger partial charge in [0.05, 0.1) is 30.0 Å². The van der Waals surface area contributed by atoms with Gasteiger partial charge in [-0.25, -0.2) is 4.79 Å². The fourth-order valence-corrected chi connectivity index (χ4v) is 18.7. The van der Waals surface area contributed by atoms with Crippen LogP contribution in [0.15, 0.2) is 97.1 Å². The summed E-state index contributed by atoms with van der Waals surface area (Å²) in [5.41, 5.74) is 1.84. The SMILES string of the molecule is CC(C)(C)c1ccc([I+]c2ccc(C(C)(C)C)cc2)cc1.CC(C)(C)c1ccc([I+]c2ccc(C(C)(C)OC(F)(F)C(=O)OCC34CC5CC(CC(O)(C5)C3)C4)cc2)cc1.O=C(OCC12CC3CC(CC(O)(C3)C1)C2)[C-](F)F.O=S(=O)=O.OO[S-].[Cl-].[Na+].